The Labute approximate surface area is 138 Å². The fourth-order valence-electron chi connectivity index (χ4n) is 2.83. The molecule has 1 saturated heterocycles. The fourth-order valence-corrected chi connectivity index (χ4v) is 2.83. The molecular weight excluding hydrogens is 292 g/mol. The largest absolute Gasteiger partial charge is 0.444 e. The van der Waals surface area contributed by atoms with E-state index in [2.05, 4.69) is 28.8 Å². The lowest BCUT2D eigenvalue weighted by molar-refractivity contribution is 0.0193. The smallest absolute Gasteiger partial charge is 0.410 e. The summed E-state index contributed by atoms with van der Waals surface area (Å²) >= 11 is 0. The number of hydrogen-bond donors (Lipinski definition) is 0. The second-order valence-electron chi connectivity index (χ2n) is 7.22. The van der Waals surface area contributed by atoms with Crippen LogP contribution in [-0.2, 0) is 4.74 Å². The predicted octanol–water partition coefficient (Wildman–Crippen LogP) is 2.87. The lowest BCUT2D eigenvalue weighted by Crippen LogP contribution is -2.45. The van der Waals surface area contributed by atoms with E-state index in [-0.39, 0.29) is 18.2 Å². The highest BCUT2D eigenvalue weighted by Crippen LogP contribution is 2.24. The van der Waals surface area contributed by atoms with Gasteiger partial charge in [0.1, 0.15) is 5.60 Å². The Morgan fingerprint density at radius 3 is 2.83 bits per heavy atom. The molecule has 6 nitrogen and oxygen atoms in total. The molecule has 1 aromatic rings. The van der Waals surface area contributed by atoms with E-state index >= 15 is 0 Å². The molecule has 1 fully saturated rings. The quantitative estimate of drug-likeness (QED) is 0.854. The zero-order valence-corrected chi connectivity index (χ0v) is 14.8. The van der Waals surface area contributed by atoms with Gasteiger partial charge in [-0.2, -0.15) is 0 Å². The van der Waals surface area contributed by atoms with Gasteiger partial charge in [0.25, 0.3) is 0 Å². The number of amides is 1. The summed E-state index contributed by atoms with van der Waals surface area (Å²) < 4.78 is 5.52. The second-order valence-corrected chi connectivity index (χ2v) is 7.22. The van der Waals surface area contributed by atoms with Crippen LogP contribution >= 0.6 is 0 Å². The van der Waals surface area contributed by atoms with Crippen LogP contribution in [0.15, 0.2) is 18.6 Å². The molecule has 0 bridgehead atoms. The molecule has 6 heteroatoms. The van der Waals surface area contributed by atoms with Gasteiger partial charge in [0.15, 0.2) is 0 Å². The summed E-state index contributed by atoms with van der Waals surface area (Å²) in [5.41, 5.74) is 0.486. The highest BCUT2D eigenvalue weighted by atomic mass is 16.6. The Kier molecular flexibility index (Phi) is 5.57. The van der Waals surface area contributed by atoms with Crippen LogP contribution in [0.2, 0.25) is 0 Å². The molecule has 2 rings (SSSR count). The van der Waals surface area contributed by atoms with Crippen molar-refractivity contribution in [1.29, 1.82) is 0 Å². The van der Waals surface area contributed by atoms with Crippen LogP contribution in [0.1, 0.15) is 52.3 Å². The summed E-state index contributed by atoms with van der Waals surface area (Å²) in [7, 11) is 2.06. The Hall–Kier alpha value is -1.69. The standard InChI is InChI=1S/C17H28N4O2/c1-13(15-11-18-8-9-19-15)20(5)12-14-7-6-10-21(14)16(22)23-17(2,3)4/h8-9,11,13-14H,6-7,10,12H2,1-5H3. The highest BCUT2D eigenvalue weighted by molar-refractivity contribution is 5.69. The Morgan fingerprint density at radius 2 is 2.22 bits per heavy atom. The van der Waals surface area contributed by atoms with Crippen LogP contribution < -0.4 is 0 Å². The molecule has 23 heavy (non-hydrogen) atoms. The average molecular weight is 320 g/mol. The number of hydrogen-bond acceptors (Lipinski definition) is 5. The Bertz CT molecular complexity index is 515. The van der Waals surface area contributed by atoms with Crippen LogP contribution in [-0.4, -0.2) is 57.6 Å². The number of likely N-dealkylation sites (N-methyl/N-ethyl adjacent to an activating group) is 1. The number of aromatic nitrogens is 2. The fraction of sp³-hybridized carbons (Fsp3) is 0.706. The molecule has 0 saturated carbocycles. The zero-order chi connectivity index (χ0) is 17.0. The van der Waals surface area contributed by atoms with Crippen LogP contribution in [0.4, 0.5) is 4.79 Å². The van der Waals surface area contributed by atoms with Gasteiger partial charge in [0.2, 0.25) is 0 Å². The normalized spacial score (nSPS) is 19.9. The molecule has 1 aliphatic rings. The molecule has 2 unspecified atom stereocenters. The van der Waals surface area contributed by atoms with Crippen molar-refractivity contribution in [1.82, 2.24) is 19.8 Å². The topological polar surface area (TPSA) is 58.6 Å². The third-order valence-electron chi connectivity index (χ3n) is 4.18. The predicted molar refractivity (Wildman–Crippen MR) is 89.0 cm³/mol. The summed E-state index contributed by atoms with van der Waals surface area (Å²) in [5.74, 6) is 0. The van der Waals surface area contributed by atoms with E-state index in [1.807, 2.05) is 25.7 Å². The third kappa shape index (κ3) is 4.89. The van der Waals surface area contributed by atoms with E-state index in [9.17, 15) is 4.79 Å². The number of carbonyl (C=O) groups excluding carboxylic acids is 1. The summed E-state index contributed by atoms with van der Waals surface area (Å²) in [6, 6.07) is 0.346. The molecule has 0 aliphatic carbocycles. The number of likely N-dealkylation sites (tertiary alicyclic amines) is 1. The summed E-state index contributed by atoms with van der Waals surface area (Å²) in [4.78, 5) is 24.9. The molecule has 1 amide bonds. The lowest BCUT2D eigenvalue weighted by Gasteiger charge is -2.32. The maximum Gasteiger partial charge on any atom is 0.410 e. The van der Waals surface area contributed by atoms with Crippen molar-refractivity contribution >= 4 is 6.09 Å². The van der Waals surface area contributed by atoms with E-state index in [1.165, 1.54) is 0 Å². The van der Waals surface area contributed by atoms with E-state index < -0.39 is 5.60 Å². The molecule has 2 atom stereocenters. The van der Waals surface area contributed by atoms with Crippen LogP contribution in [0.25, 0.3) is 0 Å². The molecular formula is C17H28N4O2. The molecule has 0 spiro atoms. The molecule has 0 aromatic carbocycles. The first kappa shape index (κ1) is 17.7. The number of ether oxygens (including phenoxy) is 1. The Balaban J connectivity index is 1.96. The summed E-state index contributed by atoms with van der Waals surface area (Å²) in [6.07, 6.45) is 7.01. The first-order valence-corrected chi connectivity index (χ1v) is 8.23. The van der Waals surface area contributed by atoms with Gasteiger partial charge in [0.05, 0.1) is 11.7 Å². The van der Waals surface area contributed by atoms with Crippen LogP contribution in [0.3, 0.4) is 0 Å². The van der Waals surface area contributed by atoms with E-state index in [0.29, 0.717) is 0 Å². The SMILES string of the molecule is CC(c1cnccn1)N(C)CC1CCCN1C(=O)OC(C)(C)C. The van der Waals surface area contributed by atoms with Crippen molar-refractivity contribution in [3.63, 3.8) is 0 Å². The molecule has 1 aliphatic heterocycles. The monoisotopic (exact) mass is 320 g/mol. The summed E-state index contributed by atoms with van der Waals surface area (Å²) in [5, 5.41) is 0. The van der Waals surface area contributed by atoms with E-state index in [1.54, 1.807) is 18.6 Å². The lowest BCUT2D eigenvalue weighted by atomic mass is 10.1. The van der Waals surface area contributed by atoms with Gasteiger partial charge in [-0.3, -0.25) is 14.9 Å². The van der Waals surface area contributed by atoms with Gasteiger partial charge in [-0.1, -0.05) is 0 Å². The number of carbonyl (C=O) groups is 1. The van der Waals surface area contributed by atoms with E-state index in [4.69, 9.17) is 4.74 Å². The van der Waals surface area contributed by atoms with Crippen molar-refractivity contribution in [3.05, 3.63) is 24.3 Å². The van der Waals surface area contributed by atoms with Crippen LogP contribution in [0.5, 0.6) is 0 Å². The minimum atomic E-state index is -0.455. The van der Waals surface area contributed by atoms with Crippen molar-refractivity contribution < 1.29 is 9.53 Å². The van der Waals surface area contributed by atoms with Crippen molar-refractivity contribution in [3.8, 4) is 0 Å². The first-order valence-electron chi connectivity index (χ1n) is 8.23. The van der Waals surface area contributed by atoms with Crippen molar-refractivity contribution in [2.45, 2.75) is 58.2 Å². The van der Waals surface area contributed by atoms with Gasteiger partial charge >= 0.3 is 6.09 Å². The van der Waals surface area contributed by atoms with Crippen molar-refractivity contribution in [2.75, 3.05) is 20.1 Å². The molecule has 128 valence electrons. The van der Waals surface area contributed by atoms with Gasteiger partial charge in [0, 0.05) is 37.7 Å². The molecule has 0 N–H and O–H groups in total. The minimum Gasteiger partial charge on any atom is -0.444 e. The molecule has 2 heterocycles. The minimum absolute atomic E-state index is 0.157. The van der Waals surface area contributed by atoms with Gasteiger partial charge < -0.3 is 9.64 Å². The van der Waals surface area contributed by atoms with Gasteiger partial charge in [-0.25, -0.2) is 4.79 Å². The number of rotatable bonds is 4. The number of nitrogens with zero attached hydrogens (tertiary/aromatic N) is 4. The highest BCUT2D eigenvalue weighted by Gasteiger charge is 2.33. The van der Waals surface area contributed by atoms with Gasteiger partial charge in [-0.05, 0) is 47.6 Å². The van der Waals surface area contributed by atoms with Crippen LogP contribution in [0, 0.1) is 0 Å². The molecule has 0 radical (unpaired) electrons. The van der Waals surface area contributed by atoms with Crippen molar-refractivity contribution in [2.24, 2.45) is 0 Å². The Morgan fingerprint density at radius 1 is 1.48 bits per heavy atom. The summed E-state index contributed by atoms with van der Waals surface area (Å²) in [6.45, 7) is 9.38. The zero-order valence-electron chi connectivity index (χ0n) is 14.8. The first-order chi connectivity index (χ1) is 10.8. The second kappa shape index (κ2) is 7.25. The van der Waals surface area contributed by atoms with Gasteiger partial charge in [-0.15, -0.1) is 0 Å². The maximum atomic E-state index is 12.4. The maximum absolute atomic E-state index is 12.4. The van der Waals surface area contributed by atoms with E-state index in [0.717, 1.165) is 31.6 Å². The average Bonchev–Trinajstić information content (AvgIpc) is 2.94. The third-order valence-corrected chi connectivity index (χ3v) is 4.18. The molecule has 1 aromatic heterocycles.